The van der Waals surface area contributed by atoms with Gasteiger partial charge in [0.05, 0.1) is 15.6 Å². The number of benzene rings is 1. The lowest BCUT2D eigenvalue weighted by Crippen LogP contribution is -2.44. The highest BCUT2D eigenvalue weighted by Gasteiger charge is 2.19. The monoisotopic (exact) mass is 408 g/mol. The van der Waals surface area contributed by atoms with Gasteiger partial charge in [0.15, 0.2) is 6.10 Å². The van der Waals surface area contributed by atoms with Crippen LogP contribution in [-0.2, 0) is 11.4 Å². The lowest BCUT2D eigenvalue weighted by atomic mass is 10.2. The Kier molecular flexibility index (Phi) is 6.44. The molecule has 1 atom stereocenters. The van der Waals surface area contributed by atoms with Crippen molar-refractivity contribution in [1.29, 1.82) is 0 Å². The number of halogens is 2. The zero-order chi connectivity index (χ0) is 15.3. The van der Waals surface area contributed by atoms with E-state index in [0.29, 0.717) is 20.3 Å². The summed E-state index contributed by atoms with van der Waals surface area (Å²) < 4.78 is 6.70. The van der Waals surface area contributed by atoms with Gasteiger partial charge in [-0.25, -0.2) is 4.79 Å². The van der Waals surface area contributed by atoms with Gasteiger partial charge in [0.1, 0.15) is 5.75 Å². The normalized spacial score (nSPS) is 11.7. The van der Waals surface area contributed by atoms with Gasteiger partial charge >= 0.3 is 6.03 Å². The summed E-state index contributed by atoms with van der Waals surface area (Å²) in [5, 5.41) is 13.5. The number of imide groups is 1. The third-order valence-corrected chi connectivity index (χ3v) is 3.55. The van der Waals surface area contributed by atoms with E-state index >= 15 is 0 Å². The molecule has 1 unspecified atom stereocenters. The van der Waals surface area contributed by atoms with Gasteiger partial charge in [0.25, 0.3) is 5.91 Å². The molecule has 20 heavy (non-hydrogen) atoms. The third-order valence-electron chi connectivity index (χ3n) is 2.37. The van der Waals surface area contributed by atoms with Crippen LogP contribution in [0.1, 0.15) is 12.5 Å². The van der Waals surface area contributed by atoms with Crippen molar-refractivity contribution in [1.82, 2.24) is 10.6 Å². The van der Waals surface area contributed by atoms with Crippen molar-refractivity contribution >= 4 is 43.8 Å². The van der Waals surface area contributed by atoms with Crippen molar-refractivity contribution in [3.63, 3.8) is 0 Å². The SMILES string of the molecule is CNC(=O)NC(=O)C(C)Oc1c(Br)cc(CO)cc1Br. The lowest BCUT2D eigenvalue weighted by molar-refractivity contribution is -0.126. The molecule has 1 aromatic carbocycles. The van der Waals surface area contributed by atoms with Crippen LogP contribution in [0.5, 0.6) is 5.75 Å². The molecule has 0 spiro atoms. The summed E-state index contributed by atoms with van der Waals surface area (Å²) in [5.74, 6) is -0.142. The molecule has 0 aliphatic rings. The van der Waals surface area contributed by atoms with Crippen LogP contribution in [0.25, 0.3) is 0 Å². The lowest BCUT2D eigenvalue weighted by Gasteiger charge is -2.17. The number of amides is 3. The number of aliphatic hydroxyl groups is 1. The van der Waals surface area contributed by atoms with Crippen LogP contribution in [0.4, 0.5) is 4.79 Å². The molecular formula is C12H14Br2N2O4. The van der Waals surface area contributed by atoms with Crippen LogP contribution in [0, 0.1) is 0 Å². The molecule has 1 rings (SSSR count). The Bertz CT molecular complexity index is 499. The largest absolute Gasteiger partial charge is 0.479 e. The summed E-state index contributed by atoms with van der Waals surface area (Å²) in [5.41, 5.74) is 0.693. The van der Waals surface area contributed by atoms with Gasteiger partial charge in [-0.05, 0) is 56.5 Å². The highest BCUT2D eigenvalue weighted by atomic mass is 79.9. The fourth-order valence-electron chi connectivity index (χ4n) is 1.32. The first kappa shape index (κ1) is 16.9. The van der Waals surface area contributed by atoms with E-state index in [1.54, 1.807) is 12.1 Å². The van der Waals surface area contributed by atoms with Crippen LogP contribution in [0.15, 0.2) is 21.1 Å². The standard InChI is InChI=1S/C12H14Br2N2O4/c1-6(11(18)16-12(19)15-2)20-10-8(13)3-7(5-17)4-9(10)14/h3-4,6,17H,5H2,1-2H3,(H2,15,16,18,19). The topological polar surface area (TPSA) is 87.7 Å². The number of carbonyl (C=O) groups is 2. The molecule has 1 aromatic rings. The molecule has 0 aliphatic heterocycles. The number of rotatable bonds is 4. The molecule has 6 nitrogen and oxygen atoms in total. The van der Waals surface area contributed by atoms with E-state index in [9.17, 15) is 9.59 Å². The molecule has 0 aromatic heterocycles. The van der Waals surface area contributed by atoms with Gasteiger partial charge in [-0.1, -0.05) is 0 Å². The minimum atomic E-state index is -0.861. The van der Waals surface area contributed by atoms with Crippen LogP contribution < -0.4 is 15.4 Å². The minimum absolute atomic E-state index is 0.107. The summed E-state index contributed by atoms with van der Waals surface area (Å²) >= 11 is 6.61. The van der Waals surface area contributed by atoms with Crippen molar-refractivity contribution < 1.29 is 19.4 Å². The van der Waals surface area contributed by atoms with Gasteiger partial charge in [-0.2, -0.15) is 0 Å². The number of urea groups is 1. The van der Waals surface area contributed by atoms with Crippen molar-refractivity contribution in [2.75, 3.05) is 7.05 Å². The molecule has 0 fully saturated rings. The van der Waals surface area contributed by atoms with E-state index in [1.807, 2.05) is 0 Å². The first-order chi connectivity index (χ1) is 9.38. The molecule has 0 heterocycles. The number of carbonyl (C=O) groups excluding carboxylic acids is 2. The first-order valence-corrected chi connectivity index (χ1v) is 7.25. The number of hydrogen-bond donors (Lipinski definition) is 3. The molecule has 110 valence electrons. The average Bonchev–Trinajstić information content (AvgIpc) is 2.41. The average molecular weight is 410 g/mol. The fourth-order valence-corrected chi connectivity index (χ4v) is 2.79. The van der Waals surface area contributed by atoms with Gasteiger partial charge in [-0.3, -0.25) is 10.1 Å². The van der Waals surface area contributed by atoms with E-state index in [2.05, 4.69) is 42.5 Å². The predicted octanol–water partition coefficient (Wildman–Crippen LogP) is 1.93. The predicted molar refractivity (Wildman–Crippen MR) is 80.5 cm³/mol. The number of ether oxygens (including phenoxy) is 1. The maximum Gasteiger partial charge on any atom is 0.321 e. The molecule has 3 amide bonds. The Morgan fingerprint density at radius 2 is 1.90 bits per heavy atom. The highest BCUT2D eigenvalue weighted by Crippen LogP contribution is 2.35. The number of hydrogen-bond acceptors (Lipinski definition) is 4. The minimum Gasteiger partial charge on any atom is -0.479 e. The Labute approximate surface area is 133 Å². The molecule has 0 bridgehead atoms. The third kappa shape index (κ3) is 4.46. The Morgan fingerprint density at radius 1 is 1.35 bits per heavy atom. The molecule has 0 radical (unpaired) electrons. The molecule has 8 heteroatoms. The summed E-state index contributed by atoms with van der Waals surface area (Å²) in [7, 11) is 1.41. The highest BCUT2D eigenvalue weighted by molar-refractivity contribution is 9.11. The Hall–Kier alpha value is -1.12. The first-order valence-electron chi connectivity index (χ1n) is 5.67. The van der Waals surface area contributed by atoms with Gasteiger partial charge in [0.2, 0.25) is 0 Å². The maximum atomic E-state index is 11.7. The molecule has 3 N–H and O–H groups in total. The molecule has 0 aliphatic carbocycles. The van der Waals surface area contributed by atoms with Gasteiger partial charge in [0, 0.05) is 7.05 Å². The van der Waals surface area contributed by atoms with Crippen molar-refractivity contribution in [3.05, 3.63) is 26.6 Å². The maximum absolute atomic E-state index is 11.7. The van der Waals surface area contributed by atoms with Crippen LogP contribution >= 0.6 is 31.9 Å². The zero-order valence-corrected chi connectivity index (χ0v) is 14.0. The van der Waals surface area contributed by atoms with E-state index in [-0.39, 0.29) is 6.61 Å². The second-order valence-corrected chi connectivity index (χ2v) is 5.58. The van der Waals surface area contributed by atoms with Crippen molar-refractivity contribution in [3.8, 4) is 5.75 Å². The second-order valence-electron chi connectivity index (χ2n) is 3.88. The van der Waals surface area contributed by atoms with E-state index in [1.165, 1.54) is 14.0 Å². The summed E-state index contributed by atoms with van der Waals surface area (Å²) in [6.07, 6.45) is -0.861. The van der Waals surface area contributed by atoms with Gasteiger partial charge in [-0.15, -0.1) is 0 Å². The smallest absolute Gasteiger partial charge is 0.321 e. The summed E-state index contributed by atoms with van der Waals surface area (Å²) in [4.78, 5) is 22.7. The van der Waals surface area contributed by atoms with Crippen molar-refractivity contribution in [2.24, 2.45) is 0 Å². The van der Waals surface area contributed by atoms with Gasteiger partial charge < -0.3 is 15.2 Å². The fraction of sp³-hybridized carbons (Fsp3) is 0.333. The number of aliphatic hydroxyl groups excluding tert-OH is 1. The molecule has 0 saturated heterocycles. The van der Waals surface area contributed by atoms with E-state index < -0.39 is 18.0 Å². The molecular weight excluding hydrogens is 396 g/mol. The van der Waals surface area contributed by atoms with Crippen LogP contribution in [0.3, 0.4) is 0 Å². The zero-order valence-electron chi connectivity index (χ0n) is 10.9. The quantitative estimate of drug-likeness (QED) is 0.708. The van der Waals surface area contributed by atoms with Crippen LogP contribution in [-0.4, -0.2) is 30.2 Å². The van der Waals surface area contributed by atoms with E-state index in [0.717, 1.165) is 0 Å². The van der Waals surface area contributed by atoms with Crippen molar-refractivity contribution in [2.45, 2.75) is 19.6 Å². The Balaban J connectivity index is 2.83. The Morgan fingerprint density at radius 3 is 2.35 bits per heavy atom. The number of nitrogens with one attached hydrogen (secondary N) is 2. The molecule has 0 saturated carbocycles. The second kappa shape index (κ2) is 7.61. The van der Waals surface area contributed by atoms with E-state index in [4.69, 9.17) is 9.84 Å². The van der Waals surface area contributed by atoms with Crippen LogP contribution in [0.2, 0.25) is 0 Å². The summed E-state index contributed by atoms with van der Waals surface area (Å²) in [6.45, 7) is 1.42. The summed E-state index contributed by atoms with van der Waals surface area (Å²) in [6, 6.07) is 2.77.